The predicted molar refractivity (Wildman–Crippen MR) is 90.0 cm³/mol. The van der Waals surface area contributed by atoms with Crippen molar-refractivity contribution in [1.29, 1.82) is 0 Å². The van der Waals surface area contributed by atoms with E-state index in [9.17, 15) is 0 Å². The van der Waals surface area contributed by atoms with Crippen LogP contribution in [0.1, 0.15) is 26.2 Å². The van der Waals surface area contributed by atoms with E-state index in [0.29, 0.717) is 0 Å². The lowest BCUT2D eigenvalue weighted by atomic mass is 10.0. The molecule has 1 aromatic carbocycles. The fourth-order valence-electron chi connectivity index (χ4n) is 3.81. The average Bonchev–Trinajstić information content (AvgIpc) is 2.57. The van der Waals surface area contributed by atoms with E-state index in [1.54, 1.807) is 0 Å². The van der Waals surface area contributed by atoms with Gasteiger partial charge in [-0.2, -0.15) is 0 Å². The molecule has 0 saturated carbocycles. The summed E-state index contributed by atoms with van der Waals surface area (Å²) in [6.07, 6.45) is 4.02. The summed E-state index contributed by atoms with van der Waals surface area (Å²) >= 11 is 0. The fraction of sp³-hybridized carbons (Fsp3) is 0.667. The van der Waals surface area contributed by atoms with Gasteiger partial charge >= 0.3 is 0 Å². The van der Waals surface area contributed by atoms with Crippen LogP contribution >= 0.6 is 0 Å². The molecule has 2 saturated heterocycles. The molecule has 0 unspecified atom stereocenters. The lowest BCUT2D eigenvalue weighted by Crippen LogP contribution is -2.53. The molecule has 0 bridgehead atoms. The second-order valence-electron chi connectivity index (χ2n) is 6.43. The molecule has 2 aliphatic rings. The SMILES string of the molecule is CCCN1CCC(N2CCN(c3ccccc3)CC2)CC1. The Labute approximate surface area is 129 Å². The highest BCUT2D eigenvalue weighted by atomic mass is 15.3. The van der Waals surface area contributed by atoms with Crippen molar-refractivity contribution in [3.63, 3.8) is 0 Å². The van der Waals surface area contributed by atoms with Crippen LogP contribution in [-0.4, -0.2) is 61.7 Å². The quantitative estimate of drug-likeness (QED) is 0.843. The monoisotopic (exact) mass is 287 g/mol. The summed E-state index contributed by atoms with van der Waals surface area (Å²) in [7, 11) is 0. The number of para-hydroxylation sites is 1. The number of hydrogen-bond donors (Lipinski definition) is 0. The molecule has 3 rings (SSSR count). The number of anilines is 1. The number of likely N-dealkylation sites (tertiary alicyclic amines) is 1. The first-order valence-corrected chi connectivity index (χ1v) is 8.63. The second kappa shape index (κ2) is 7.28. The topological polar surface area (TPSA) is 9.72 Å². The lowest BCUT2D eigenvalue weighted by molar-refractivity contribution is 0.103. The maximum atomic E-state index is 2.74. The molecule has 2 aliphatic heterocycles. The Balaban J connectivity index is 1.46. The fourth-order valence-corrected chi connectivity index (χ4v) is 3.81. The van der Waals surface area contributed by atoms with Gasteiger partial charge in [-0.15, -0.1) is 0 Å². The Morgan fingerprint density at radius 1 is 0.905 bits per heavy atom. The van der Waals surface area contributed by atoms with E-state index < -0.39 is 0 Å². The first kappa shape index (κ1) is 14.9. The molecule has 1 aromatic rings. The van der Waals surface area contributed by atoms with Crippen LogP contribution in [0.2, 0.25) is 0 Å². The minimum atomic E-state index is 0.830. The zero-order chi connectivity index (χ0) is 14.5. The van der Waals surface area contributed by atoms with Crippen molar-refractivity contribution >= 4 is 5.69 Å². The number of piperazine rings is 1. The first-order valence-electron chi connectivity index (χ1n) is 8.63. The summed E-state index contributed by atoms with van der Waals surface area (Å²) < 4.78 is 0. The Morgan fingerprint density at radius 2 is 1.57 bits per heavy atom. The van der Waals surface area contributed by atoms with Crippen molar-refractivity contribution in [3.05, 3.63) is 30.3 Å². The van der Waals surface area contributed by atoms with E-state index in [1.165, 1.54) is 70.8 Å². The van der Waals surface area contributed by atoms with Gasteiger partial charge in [-0.1, -0.05) is 25.1 Å². The van der Waals surface area contributed by atoms with Crippen LogP contribution < -0.4 is 4.90 Å². The highest BCUT2D eigenvalue weighted by molar-refractivity contribution is 5.46. The Kier molecular flexibility index (Phi) is 5.15. The molecule has 0 atom stereocenters. The summed E-state index contributed by atoms with van der Waals surface area (Å²) in [6, 6.07) is 11.7. The molecular formula is C18H29N3. The minimum absolute atomic E-state index is 0.830. The minimum Gasteiger partial charge on any atom is -0.369 e. The molecule has 116 valence electrons. The third-order valence-corrected chi connectivity index (χ3v) is 5.05. The predicted octanol–water partition coefficient (Wildman–Crippen LogP) is 2.68. The van der Waals surface area contributed by atoms with Crippen molar-refractivity contribution in [1.82, 2.24) is 9.80 Å². The summed E-state index contributed by atoms with van der Waals surface area (Å²) in [5.74, 6) is 0. The molecule has 0 amide bonds. The van der Waals surface area contributed by atoms with Crippen LogP contribution in [0.15, 0.2) is 30.3 Å². The molecule has 2 heterocycles. The van der Waals surface area contributed by atoms with Crippen LogP contribution in [0.5, 0.6) is 0 Å². The Morgan fingerprint density at radius 3 is 2.19 bits per heavy atom. The second-order valence-corrected chi connectivity index (χ2v) is 6.43. The van der Waals surface area contributed by atoms with E-state index in [1.807, 2.05) is 0 Å². The van der Waals surface area contributed by atoms with Gasteiger partial charge in [-0.3, -0.25) is 4.90 Å². The maximum absolute atomic E-state index is 2.74. The summed E-state index contributed by atoms with van der Waals surface area (Å²) in [5, 5.41) is 0. The smallest absolute Gasteiger partial charge is 0.0367 e. The maximum Gasteiger partial charge on any atom is 0.0367 e. The van der Waals surface area contributed by atoms with Gasteiger partial charge in [-0.05, 0) is 51.0 Å². The van der Waals surface area contributed by atoms with Gasteiger partial charge in [0.25, 0.3) is 0 Å². The molecule has 0 aromatic heterocycles. The van der Waals surface area contributed by atoms with Gasteiger partial charge in [0, 0.05) is 37.9 Å². The number of benzene rings is 1. The van der Waals surface area contributed by atoms with Crippen LogP contribution in [0.25, 0.3) is 0 Å². The third kappa shape index (κ3) is 3.78. The van der Waals surface area contributed by atoms with Crippen LogP contribution in [0, 0.1) is 0 Å². The molecule has 0 N–H and O–H groups in total. The molecular weight excluding hydrogens is 258 g/mol. The van der Waals surface area contributed by atoms with Crippen molar-refractivity contribution in [3.8, 4) is 0 Å². The average molecular weight is 287 g/mol. The van der Waals surface area contributed by atoms with Gasteiger partial charge in [-0.25, -0.2) is 0 Å². The van der Waals surface area contributed by atoms with Gasteiger partial charge in [0.2, 0.25) is 0 Å². The third-order valence-electron chi connectivity index (χ3n) is 5.05. The highest BCUT2D eigenvalue weighted by Gasteiger charge is 2.27. The van der Waals surface area contributed by atoms with E-state index in [0.717, 1.165) is 6.04 Å². The van der Waals surface area contributed by atoms with Gasteiger partial charge in [0.1, 0.15) is 0 Å². The lowest BCUT2D eigenvalue weighted by Gasteiger charge is -2.43. The Hall–Kier alpha value is -1.06. The molecule has 0 aliphatic carbocycles. The van der Waals surface area contributed by atoms with Gasteiger partial charge < -0.3 is 9.80 Å². The largest absolute Gasteiger partial charge is 0.369 e. The molecule has 3 heteroatoms. The van der Waals surface area contributed by atoms with E-state index in [-0.39, 0.29) is 0 Å². The van der Waals surface area contributed by atoms with Crippen LogP contribution in [0.4, 0.5) is 5.69 Å². The Bertz CT molecular complexity index is 404. The number of rotatable bonds is 4. The van der Waals surface area contributed by atoms with Gasteiger partial charge in [0.15, 0.2) is 0 Å². The van der Waals surface area contributed by atoms with Gasteiger partial charge in [0.05, 0.1) is 0 Å². The first-order chi connectivity index (χ1) is 10.4. The van der Waals surface area contributed by atoms with E-state index >= 15 is 0 Å². The molecule has 3 nitrogen and oxygen atoms in total. The van der Waals surface area contributed by atoms with Crippen LogP contribution in [-0.2, 0) is 0 Å². The summed E-state index contributed by atoms with van der Waals surface area (Å²) in [5.41, 5.74) is 1.38. The normalized spacial score (nSPS) is 22.6. The molecule has 0 radical (unpaired) electrons. The number of nitrogens with zero attached hydrogens (tertiary/aromatic N) is 3. The molecule has 21 heavy (non-hydrogen) atoms. The molecule has 0 spiro atoms. The zero-order valence-electron chi connectivity index (χ0n) is 13.4. The van der Waals surface area contributed by atoms with Crippen molar-refractivity contribution in [2.24, 2.45) is 0 Å². The zero-order valence-corrected chi connectivity index (χ0v) is 13.4. The van der Waals surface area contributed by atoms with Crippen molar-refractivity contribution < 1.29 is 0 Å². The summed E-state index contributed by atoms with van der Waals surface area (Å²) in [4.78, 5) is 7.90. The van der Waals surface area contributed by atoms with Crippen molar-refractivity contribution in [2.75, 3.05) is 50.7 Å². The number of hydrogen-bond acceptors (Lipinski definition) is 3. The number of piperidine rings is 1. The molecule has 2 fully saturated rings. The standard InChI is InChI=1S/C18H29N3/c1-2-10-19-11-8-18(9-12-19)21-15-13-20(14-16-21)17-6-4-3-5-7-17/h3-7,18H,2,8-16H2,1H3. The van der Waals surface area contributed by atoms with Crippen molar-refractivity contribution in [2.45, 2.75) is 32.2 Å². The van der Waals surface area contributed by atoms with E-state index in [4.69, 9.17) is 0 Å². The van der Waals surface area contributed by atoms with Crippen LogP contribution in [0.3, 0.4) is 0 Å². The summed E-state index contributed by atoms with van der Waals surface area (Å²) in [6.45, 7) is 11.0. The van der Waals surface area contributed by atoms with E-state index in [2.05, 4.69) is 52.0 Å². The highest BCUT2D eigenvalue weighted by Crippen LogP contribution is 2.21.